The Morgan fingerprint density at radius 1 is 0.864 bits per heavy atom. The van der Waals surface area contributed by atoms with Gasteiger partial charge in [0, 0.05) is 17.0 Å². The topological polar surface area (TPSA) is 93.8 Å². The number of aromatic hydroxyl groups is 2. The van der Waals surface area contributed by atoms with Crippen LogP contribution in [0, 0.1) is 0 Å². The molecule has 3 rings (SSSR count). The fourth-order valence-corrected chi connectivity index (χ4v) is 2.39. The summed E-state index contributed by atoms with van der Waals surface area (Å²) >= 11 is 1.52. The maximum atomic E-state index is 9.45. The predicted molar refractivity (Wildman–Crippen MR) is 87.1 cm³/mol. The molecular weight excluding hydrogens is 301 g/mol. The molecule has 0 bridgehead atoms. The lowest BCUT2D eigenvalue weighted by molar-refractivity contribution is 0.419. The smallest absolute Gasteiger partial charge is 0.492 e. The largest absolute Gasteiger partial charge is 0.508 e. The van der Waals surface area contributed by atoms with Crippen LogP contribution in [0.2, 0.25) is 0 Å². The van der Waals surface area contributed by atoms with Gasteiger partial charge in [0.25, 0.3) is 0 Å². The average Bonchev–Trinajstić information content (AvgIpc) is 3.02. The van der Waals surface area contributed by atoms with Gasteiger partial charge in [-0.1, -0.05) is 30.3 Å². The van der Waals surface area contributed by atoms with E-state index in [1.165, 1.54) is 23.5 Å². The maximum absolute atomic E-state index is 9.45. The SMILES string of the molecule is OB(O)c1ccccc1O.Oc1ccccc1-c1nccs1. The molecule has 1 aromatic heterocycles. The highest BCUT2D eigenvalue weighted by molar-refractivity contribution is 7.13. The van der Waals surface area contributed by atoms with Gasteiger partial charge in [-0.05, 0) is 18.2 Å². The van der Waals surface area contributed by atoms with Crippen molar-refractivity contribution in [2.75, 3.05) is 0 Å². The van der Waals surface area contributed by atoms with Crippen molar-refractivity contribution in [2.45, 2.75) is 0 Å². The first-order chi connectivity index (χ1) is 10.6. The molecule has 0 aliphatic carbocycles. The quantitative estimate of drug-likeness (QED) is 0.539. The first kappa shape index (κ1) is 16.0. The van der Waals surface area contributed by atoms with Crippen LogP contribution in [0.15, 0.2) is 60.1 Å². The van der Waals surface area contributed by atoms with Crippen molar-refractivity contribution in [1.82, 2.24) is 4.98 Å². The van der Waals surface area contributed by atoms with E-state index in [0.29, 0.717) is 0 Å². The third-order valence-electron chi connectivity index (χ3n) is 2.78. The second-order valence-electron chi connectivity index (χ2n) is 4.29. The van der Waals surface area contributed by atoms with Gasteiger partial charge in [-0.25, -0.2) is 4.98 Å². The number of rotatable bonds is 2. The monoisotopic (exact) mass is 315 g/mol. The van der Waals surface area contributed by atoms with E-state index in [9.17, 15) is 5.11 Å². The van der Waals surface area contributed by atoms with Crippen LogP contribution in [0.3, 0.4) is 0 Å². The minimum absolute atomic E-state index is 0.0995. The molecule has 0 fully saturated rings. The van der Waals surface area contributed by atoms with Gasteiger partial charge in [-0.3, -0.25) is 0 Å². The van der Waals surface area contributed by atoms with Crippen LogP contribution in [0.25, 0.3) is 10.6 Å². The molecule has 2 aromatic carbocycles. The van der Waals surface area contributed by atoms with E-state index in [1.54, 1.807) is 30.5 Å². The highest BCUT2D eigenvalue weighted by Gasteiger charge is 2.13. The zero-order valence-corrected chi connectivity index (χ0v) is 12.3. The summed E-state index contributed by atoms with van der Waals surface area (Å²) in [7, 11) is -1.60. The second-order valence-corrected chi connectivity index (χ2v) is 5.18. The van der Waals surface area contributed by atoms with E-state index in [0.717, 1.165) is 10.6 Å². The molecule has 0 amide bonds. The normalized spacial score (nSPS) is 9.73. The Kier molecular flexibility index (Phi) is 5.54. The van der Waals surface area contributed by atoms with E-state index in [-0.39, 0.29) is 17.0 Å². The van der Waals surface area contributed by atoms with E-state index in [4.69, 9.17) is 15.2 Å². The third kappa shape index (κ3) is 4.08. The number of hydrogen-bond acceptors (Lipinski definition) is 6. The zero-order chi connectivity index (χ0) is 15.9. The van der Waals surface area contributed by atoms with Crippen molar-refractivity contribution < 1.29 is 20.3 Å². The van der Waals surface area contributed by atoms with Crippen molar-refractivity contribution in [2.24, 2.45) is 0 Å². The molecule has 0 saturated heterocycles. The van der Waals surface area contributed by atoms with Crippen LogP contribution in [-0.4, -0.2) is 32.4 Å². The van der Waals surface area contributed by atoms with Crippen molar-refractivity contribution in [1.29, 1.82) is 0 Å². The van der Waals surface area contributed by atoms with Crippen molar-refractivity contribution >= 4 is 23.9 Å². The summed E-state index contributed by atoms with van der Waals surface area (Å²) in [5.74, 6) is 0.185. The third-order valence-corrected chi connectivity index (χ3v) is 3.59. The Labute approximate surface area is 131 Å². The molecule has 0 spiro atoms. The molecule has 0 radical (unpaired) electrons. The molecule has 5 nitrogen and oxygen atoms in total. The van der Waals surface area contributed by atoms with Crippen molar-refractivity contribution in [3.63, 3.8) is 0 Å². The highest BCUT2D eigenvalue weighted by atomic mass is 32.1. The van der Waals surface area contributed by atoms with Crippen LogP contribution in [0.4, 0.5) is 0 Å². The maximum Gasteiger partial charge on any atom is 0.492 e. The summed E-state index contributed by atoms with van der Waals surface area (Å²) < 4.78 is 0. The molecule has 3 aromatic rings. The van der Waals surface area contributed by atoms with Crippen LogP contribution < -0.4 is 5.46 Å². The molecule has 112 valence electrons. The first-order valence-electron chi connectivity index (χ1n) is 6.41. The Hall–Kier alpha value is -2.35. The lowest BCUT2D eigenvalue weighted by atomic mass is 9.80. The Morgan fingerprint density at radius 3 is 2.00 bits per heavy atom. The van der Waals surface area contributed by atoms with Gasteiger partial charge in [0.15, 0.2) is 0 Å². The van der Waals surface area contributed by atoms with Gasteiger partial charge < -0.3 is 20.3 Å². The molecule has 0 aliphatic heterocycles. The van der Waals surface area contributed by atoms with Gasteiger partial charge in [0.05, 0.1) is 5.56 Å². The summed E-state index contributed by atoms with van der Waals surface area (Å²) in [4.78, 5) is 4.11. The summed E-state index contributed by atoms with van der Waals surface area (Å²) in [6.07, 6.45) is 1.73. The number of para-hydroxylation sites is 2. The molecular formula is C15H14BNO4S. The highest BCUT2D eigenvalue weighted by Crippen LogP contribution is 2.29. The fourth-order valence-electron chi connectivity index (χ4n) is 1.72. The first-order valence-corrected chi connectivity index (χ1v) is 7.29. The van der Waals surface area contributed by atoms with Gasteiger partial charge in [0.2, 0.25) is 0 Å². The second kappa shape index (κ2) is 7.60. The van der Waals surface area contributed by atoms with E-state index in [1.807, 2.05) is 17.5 Å². The molecule has 0 atom stereocenters. The zero-order valence-electron chi connectivity index (χ0n) is 11.5. The van der Waals surface area contributed by atoms with Gasteiger partial charge in [-0.15, -0.1) is 11.3 Å². The fraction of sp³-hybridized carbons (Fsp3) is 0. The number of nitrogens with zero attached hydrogens (tertiary/aromatic N) is 1. The molecule has 0 saturated carbocycles. The summed E-state index contributed by atoms with van der Waals surface area (Å²) in [5.41, 5.74) is 0.926. The minimum atomic E-state index is -1.60. The predicted octanol–water partition coefficient (Wildman–Crippen LogP) is 1.59. The lowest BCUT2D eigenvalue weighted by Gasteiger charge is -1.99. The molecule has 4 N–H and O–H groups in total. The van der Waals surface area contributed by atoms with Crippen molar-refractivity contribution in [3.8, 4) is 22.1 Å². The van der Waals surface area contributed by atoms with Crippen LogP contribution >= 0.6 is 11.3 Å². The Bertz CT molecular complexity index is 719. The summed E-state index contributed by atoms with van der Waals surface area (Å²) in [6, 6.07) is 13.3. The lowest BCUT2D eigenvalue weighted by Crippen LogP contribution is -2.29. The summed E-state index contributed by atoms with van der Waals surface area (Å²) in [5, 5.41) is 38.4. The number of benzene rings is 2. The molecule has 22 heavy (non-hydrogen) atoms. The minimum Gasteiger partial charge on any atom is -0.508 e. The number of aromatic nitrogens is 1. The molecule has 7 heteroatoms. The number of phenols is 2. The van der Waals surface area contributed by atoms with E-state index in [2.05, 4.69) is 4.98 Å². The average molecular weight is 315 g/mol. The Morgan fingerprint density at radius 2 is 1.50 bits per heavy atom. The van der Waals surface area contributed by atoms with Gasteiger partial charge in [0.1, 0.15) is 16.5 Å². The number of thiazole rings is 1. The summed E-state index contributed by atoms with van der Waals surface area (Å²) in [6.45, 7) is 0. The molecule has 0 unspecified atom stereocenters. The van der Waals surface area contributed by atoms with Crippen LogP contribution in [0.5, 0.6) is 11.5 Å². The van der Waals surface area contributed by atoms with Gasteiger partial charge in [-0.2, -0.15) is 0 Å². The number of hydrogen-bond donors (Lipinski definition) is 4. The van der Waals surface area contributed by atoms with Crippen LogP contribution in [0.1, 0.15) is 0 Å². The number of phenolic OH excluding ortho intramolecular Hbond substituents is 2. The van der Waals surface area contributed by atoms with Crippen molar-refractivity contribution in [3.05, 3.63) is 60.1 Å². The molecule has 0 aliphatic rings. The van der Waals surface area contributed by atoms with Crippen LogP contribution in [-0.2, 0) is 0 Å². The van der Waals surface area contributed by atoms with E-state index >= 15 is 0 Å². The van der Waals surface area contributed by atoms with E-state index < -0.39 is 7.12 Å². The standard InChI is InChI=1S/C9H7NOS.C6H7BO3/c11-8-4-2-1-3-7(8)9-10-5-6-12-9;8-6-4-2-1-3-5(6)7(9)10/h1-6,11H;1-4,8-10H. The Balaban J connectivity index is 0.000000164. The van der Waals surface area contributed by atoms with Gasteiger partial charge >= 0.3 is 7.12 Å². The molecule has 1 heterocycles.